The lowest BCUT2D eigenvalue weighted by molar-refractivity contribution is -0.275. The highest BCUT2D eigenvalue weighted by atomic mass is 35.5. The number of nitrogens with one attached hydrogen (secondary N) is 4. The monoisotopic (exact) mass is 1870 g/mol. The Hall–Kier alpha value is -15.5. The lowest BCUT2D eigenvalue weighted by atomic mass is 9.98. The summed E-state index contributed by atoms with van der Waals surface area (Å²) in [5.74, 6) is -0.781. The van der Waals surface area contributed by atoms with Gasteiger partial charge >= 0.3 is 24.7 Å². The molecule has 8 aromatic heterocycles. The second-order valence-corrected chi connectivity index (χ2v) is 30.8. The van der Waals surface area contributed by atoms with Crippen molar-refractivity contribution in [1.82, 2.24) is 59.8 Å². The van der Waals surface area contributed by atoms with Gasteiger partial charge in [0.2, 0.25) is 0 Å². The standard InChI is InChI=1S/2C23H19F3N6O2.C22H21ClF2N6O2.C22H20F3N5O3/c2*24-23(25,26)34-19-5-3-18(4-6-19)31-22(33)16-8-20(17-10-28-14-29-11-17)21(30-12-16)32-7-1-2-15(9-27)13-32;23-22(24,25)33-18-5-3-17(4-6-18)30-21(32)14-8-19(15-9-27-13-28-10-15)20(29-11-14)31-7-1-2-16(26)12-31;23-22(24,25)33-18-3-1-16(2-4-18)29-21(32)14-9-19(15-10-26-13-27-11-15)20(28-12-14)30-7-5-17(31)6-8-30/h2*3-6,8,10-12,14-15H,1-2,7,13H2,(H,31,33);3-6,8-11,13,16H,1-2,7,12,26H2,(H,30,32);1-4,9-13,17,31H,5-8H2,(H,29,32)/t2*15-;16-;/m101./s1. The summed E-state index contributed by atoms with van der Waals surface area (Å²) < 4.78 is 152. The van der Waals surface area contributed by atoms with Crippen molar-refractivity contribution in [1.29, 1.82) is 10.5 Å². The third kappa shape index (κ3) is 27.8. The minimum Gasteiger partial charge on any atom is -0.420 e. The van der Waals surface area contributed by atoms with Crippen LogP contribution in [-0.4, -0.2) is 178 Å². The lowest BCUT2D eigenvalue weighted by Gasteiger charge is -2.33. The predicted molar refractivity (Wildman–Crippen MR) is 468 cm³/mol. The van der Waals surface area contributed by atoms with Crippen molar-refractivity contribution in [2.45, 2.75) is 88.2 Å². The maximum absolute atomic E-state index is 12.9. The highest BCUT2D eigenvalue weighted by Crippen LogP contribution is 2.39. The van der Waals surface area contributed by atoms with Crippen molar-refractivity contribution in [3.63, 3.8) is 0 Å². The number of carbonyl (C=O) groups excluding carboxylic acids is 4. The summed E-state index contributed by atoms with van der Waals surface area (Å²) in [6.45, 7) is 5.22. The molecular formula is C90H79ClF11N23O9. The van der Waals surface area contributed by atoms with Crippen molar-refractivity contribution in [2.24, 2.45) is 17.6 Å². The number of benzene rings is 4. The van der Waals surface area contributed by atoms with Gasteiger partial charge in [-0.2, -0.15) is 10.5 Å². The van der Waals surface area contributed by atoms with Gasteiger partial charge in [0, 0.05) is 212 Å². The third-order valence-corrected chi connectivity index (χ3v) is 20.8. The van der Waals surface area contributed by atoms with Crippen LogP contribution >= 0.6 is 11.6 Å². The molecule has 44 heteroatoms. The van der Waals surface area contributed by atoms with Crippen molar-refractivity contribution >= 4 is 81.3 Å². The number of nitriles is 2. The summed E-state index contributed by atoms with van der Waals surface area (Å²) in [4.78, 5) is 110. The first-order valence-corrected chi connectivity index (χ1v) is 41.5. The van der Waals surface area contributed by atoms with Crippen LogP contribution < -0.4 is 65.5 Å². The van der Waals surface area contributed by atoms with Gasteiger partial charge in [0.15, 0.2) is 0 Å². The Balaban J connectivity index is 0.000000152. The Kier molecular flexibility index (Phi) is 31.5. The molecule has 0 bridgehead atoms. The van der Waals surface area contributed by atoms with Gasteiger partial charge in [0.25, 0.3) is 23.6 Å². The molecule has 4 fully saturated rings. The van der Waals surface area contributed by atoms with Gasteiger partial charge in [-0.15, -0.1) is 48.3 Å². The van der Waals surface area contributed by atoms with Gasteiger partial charge in [-0.3, -0.25) is 19.2 Å². The maximum Gasteiger partial charge on any atom is 0.573 e. The number of carbonyl (C=O) groups is 4. The number of hydrogen-bond acceptors (Lipinski definition) is 28. The minimum absolute atomic E-state index is 0.0501. The molecule has 16 rings (SSSR count). The Bertz CT molecular complexity index is 5890. The topological polar surface area (TPSA) is 415 Å². The average molecular weight is 1870 g/mol. The largest absolute Gasteiger partial charge is 0.573 e. The van der Waals surface area contributed by atoms with E-state index in [1.807, 2.05) is 14.7 Å². The van der Waals surface area contributed by atoms with Gasteiger partial charge in [-0.25, -0.2) is 59.8 Å². The van der Waals surface area contributed by atoms with E-state index >= 15 is 0 Å². The molecular weight excluding hydrogens is 1790 g/mol. The number of hydrogen-bond donors (Lipinski definition) is 6. The molecule has 134 heavy (non-hydrogen) atoms. The number of aliphatic hydroxyl groups excluding tert-OH is 1. The molecule has 12 aromatic rings. The van der Waals surface area contributed by atoms with Crippen LogP contribution in [0.15, 0.2) is 221 Å². The van der Waals surface area contributed by atoms with E-state index in [1.54, 1.807) is 73.8 Å². The van der Waals surface area contributed by atoms with Gasteiger partial charge in [-0.1, -0.05) is 0 Å². The normalized spacial score (nSPS) is 15.7. The van der Waals surface area contributed by atoms with Crippen LogP contribution in [0.25, 0.3) is 44.5 Å². The van der Waals surface area contributed by atoms with Crippen LogP contribution in [0, 0.1) is 34.5 Å². The zero-order valence-electron chi connectivity index (χ0n) is 70.3. The number of ether oxygens (including phenoxy) is 4. The third-order valence-electron chi connectivity index (χ3n) is 20.7. The zero-order chi connectivity index (χ0) is 95.1. The van der Waals surface area contributed by atoms with Crippen LogP contribution in [0.3, 0.4) is 0 Å². The van der Waals surface area contributed by atoms with Crippen LogP contribution in [0.4, 0.5) is 94.3 Å². The van der Waals surface area contributed by atoms with Crippen LogP contribution in [0.5, 0.6) is 23.0 Å². The van der Waals surface area contributed by atoms with Crippen molar-refractivity contribution in [3.05, 3.63) is 243 Å². The molecule has 0 spiro atoms. The number of alkyl halides is 12. The molecule has 692 valence electrons. The Morgan fingerprint density at radius 1 is 0.366 bits per heavy atom. The molecule has 4 aliphatic rings. The molecule has 0 unspecified atom stereocenters. The summed E-state index contributed by atoms with van der Waals surface area (Å²) in [7, 11) is 0. The summed E-state index contributed by atoms with van der Waals surface area (Å²) in [6.07, 6.45) is 16.1. The predicted octanol–water partition coefficient (Wildman–Crippen LogP) is 16.4. The molecule has 7 N–H and O–H groups in total. The first-order valence-electron chi connectivity index (χ1n) is 41.1. The Morgan fingerprint density at radius 3 is 0.873 bits per heavy atom. The molecule has 4 aliphatic heterocycles. The smallest absolute Gasteiger partial charge is 0.420 e. The molecule has 0 saturated carbocycles. The Labute approximate surface area is 761 Å². The van der Waals surface area contributed by atoms with Gasteiger partial charge < -0.3 is 70.7 Å². The fraction of sp³-hybridized carbons (Fsp3) is 0.267. The van der Waals surface area contributed by atoms with Gasteiger partial charge in [0.1, 0.15) is 71.6 Å². The number of amides is 4. The molecule has 12 heterocycles. The highest BCUT2D eigenvalue weighted by molar-refractivity contribution is 6.20. The summed E-state index contributed by atoms with van der Waals surface area (Å²) >= 11 is 4.76. The van der Waals surface area contributed by atoms with Gasteiger partial charge in [-0.05, 0) is 173 Å². The Morgan fingerprint density at radius 2 is 0.619 bits per heavy atom. The van der Waals surface area contributed by atoms with E-state index in [0.717, 1.165) is 100 Å². The van der Waals surface area contributed by atoms with Crippen LogP contribution in [-0.2, 0) is 0 Å². The fourth-order valence-corrected chi connectivity index (χ4v) is 14.6. The highest BCUT2D eigenvalue weighted by Gasteiger charge is 2.36. The van der Waals surface area contributed by atoms with Crippen LogP contribution in [0.2, 0.25) is 0 Å². The maximum atomic E-state index is 12.9. The van der Waals surface area contributed by atoms with E-state index in [4.69, 9.17) is 17.3 Å². The first-order chi connectivity index (χ1) is 64.2. The number of pyridine rings is 4. The van der Waals surface area contributed by atoms with E-state index in [2.05, 4.69) is 117 Å². The summed E-state index contributed by atoms with van der Waals surface area (Å²) in [6, 6.07) is 31.3. The van der Waals surface area contributed by atoms with Crippen molar-refractivity contribution < 1.29 is 91.5 Å². The number of piperidine rings is 4. The van der Waals surface area contributed by atoms with E-state index in [-0.39, 0.29) is 63.7 Å². The number of anilines is 8. The van der Waals surface area contributed by atoms with E-state index in [1.165, 1.54) is 111 Å². The first kappa shape index (κ1) is 96.1. The zero-order valence-corrected chi connectivity index (χ0v) is 71.0. The second-order valence-electron chi connectivity index (χ2n) is 30.4. The lowest BCUT2D eigenvalue weighted by Crippen LogP contribution is -2.43. The number of nitrogens with zero attached hydrogens (tertiary/aromatic N) is 18. The molecule has 3 atom stereocenters. The molecule has 4 amide bonds. The molecule has 4 aromatic carbocycles. The summed E-state index contributed by atoms with van der Waals surface area (Å²) in [5.41, 5.74) is 10.0. The average Bonchev–Trinajstić information content (AvgIpc) is 0.805. The fourth-order valence-electron chi connectivity index (χ4n) is 14.5. The van der Waals surface area contributed by atoms with E-state index in [0.29, 0.717) is 136 Å². The second kappa shape index (κ2) is 43.9. The molecule has 0 radical (unpaired) electrons. The molecule has 0 aliphatic carbocycles. The quantitative estimate of drug-likeness (QED) is 0.0287. The van der Waals surface area contributed by atoms with Crippen molar-refractivity contribution in [2.75, 3.05) is 93.2 Å². The SMILES string of the molecule is N#C[C@@H]1CCCN(c2ncc(C(=O)Nc3ccc(OC(F)(F)F)cc3)cc2-c2cncnc2)C1.N#C[C@H]1CCCN(c2ncc(C(=O)Nc3ccc(OC(F)(F)F)cc3)cc2-c2cncnc2)C1.N[C@@H]1CCCN(c2ncc(C(=O)Nc3ccc(OC(F)(F)Cl)cc3)cc2-c2cncnc2)C1.O=C(Nc1ccc(OC(F)(F)F)cc1)c1cnc(N2CCC(O)CC2)c(-c2cncnc2)c1. The number of aromatic nitrogens is 12. The number of aliphatic hydroxyl groups is 1. The van der Waals surface area contributed by atoms with E-state index in [9.17, 15) is 83.1 Å². The number of rotatable bonds is 21. The molecule has 32 nitrogen and oxygen atoms in total. The van der Waals surface area contributed by atoms with E-state index < -0.39 is 48.3 Å². The summed E-state index contributed by atoms with van der Waals surface area (Å²) in [5, 5.41) is 39.1. The van der Waals surface area contributed by atoms with Gasteiger partial charge in [0.05, 0.1) is 52.3 Å². The number of halogens is 12. The number of nitrogens with two attached hydrogens (primary N) is 1. The minimum atomic E-state index is -4.79. The van der Waals surface area contributed by atoms with Crippen LogP contribution in [0.1, 0.15) is 92.8 Å². The van der Waals surface area contributed by atoms with Crippen molar-refractivity contribution in [3.8, 4) is 79.6 Å². The molecule has 4 saturated heterocycles.